The summed E-state index contributed by atoms with van der Waals surface area (Å²) < 4.78 is 2.05. The summed E-state index contributed by atoms with van der Waals surface area (Å²) in [6.45, 7) is 4.35. The molecule has 13 heavy (non-hydrogen) atoms. The topological polar surface area (TPSA) is 30.2 Å². The summed E-state index contributed by atoms with van der Waals surface area (Å²) in [5.41, 5.74) is 0.977. The van der Waals surface area contributed by atoms with Crippen LogP contribution in [0.3, 0.4) is 0 Å². The van der Waals surface area contributed by atoms with E-state index in [9.17, 15) is 0 Å². The third kappa shape index (κ3) is 1.30. The van der Waals surface area contributed by atoms with Crippen molar-refractivity contribution < 1.29 is 0 Å². The van der Waals surface area contributed by atoms with Crippen molar-refractivity contribution in [3.63, 3.8) is 0 Å². The fourth-order valence-electron chi connectivity index (χ4n) is 1.43. The zero-order valence-corrected chi connectivity index (χ0v) is 7.94. The zero-order chi connectivity index (χ0) is 9.26. The highest BCUT2D eigenvalue weighted by Gasteiger charge is 2.08. The third-order valence-electron chi connectivity index (χ3n) is 2.41. The predicted molar refractivity (Wildman–Crippen MR) is 51.7 cm³/mol. The molecule has 0 aromatic carbocycles. The molecule has 0 amide bonds. The van der Waals surface area contributed by atoms with Crippen LogP contribution in [0.15, 0.2) is 24.7 Å². The Kier molecular flexibility index (Phi) is 2.00. The Labute approximate surface area is 77.4 Å². The van der Waals surface area contributed by atoms with Gasteiger partial charge in [0.25, 0.3) is 0 Å². The van der Waals surface area contributed by atoms with Crippen LogP contribution in [0.1, 0.15) is 32.0 Å². The maximum Gasteiger partial charge on any atom is 0.139 e. The molecule has 0 aliphatic heterocycles. The third-order valence-corrected chi connectivity index (χ3v) is 2.41. The number of aromatic nitrogens is 3. The van der Waals surface area contributed by atoms with E-state index < -0.39 is 0 Å². The van der Waals surface area contributed by atoms with Gasteiger partial charge in [0.05, 0.1) is 0 Å². The predicted octanol–water partition coefficient (Wildman–Crippen LogP) is 2.24. The van der Waals surface area contributed by atoms with E-state index in [-0.39, 0.29) is 0 Å². The minimum atomic E-state index is 0.484. The SMILES string of the molecule is CCC(C)c1ncnc2cccn12. The molecule has 0 aliphatic rings. The molecule has 2 aromatic heterocycles. The van der Waals surface area contributed by atoms with Crippen LogP contribution in [-0.4, -0.2) is 14.4 Å². The van der Waals surface area contributed by atoms with Crippen LogP contribution in [0, 0.1) is 0 Å². The molecule has 2 aromatic rings. The lowest BCUT2D eigenvalue weighted by Crippen LogP contribution is -2.04. The normalized spacial score (nSPS) is 13.4. The van der Waals surface area contributed by atoms with Gasteiger partial charge in [-0.1, -0.05) is 13.8 Å². The van der Waals surface area contributed by atoms with Crippen molar-refractivity contribution in [1.29, 1.82) is 0 Å². The van der Waals surface area contributed by atoms with Gasteiger partial charge in [0, 0.05) is 12.1 Å². The number of rotatable bonds is 2. The molecule has 0 radical (unpaired) electrons. The molecule has 0 N–H and O–H groups in total. The molecule has 0 saturated carbocycles. The number of hydrogen-bond donors (Lipinski definition) is 0. The lowest BCUT2D eigenvalue weighted by molar-refractivity contribution is 0.660. The van der Waals surface area contributed by atoms with Crippen molar-refractivity contribution in [2.45, 2.75) is 26.2 Å². The van der Waals surface area contributed by atoms with Crippen molar-refractivity contribution in [3.8, 4) is 0 Å². The van der Waals surface area contributed by atoms with E-state index in [1.165, 1.54) is 0 Å². The molecular weight excluding hydrogens is 162 g/mol. The first kappa shape index (κ1) is 8.23. The van der Waals surface area contributed by atoms with E-state index in [0.717, 1.165) is 17.9 Å². The van der Waals surface area contributed by atoms with Crippen molar-refractivity contribution in [1.82, 2.24) is 14.4 Å². The second-order valence-electron chi connectivity index (χ2n) is 3.28. The summed E-state index contributed by atoms with van der Waals surface area (Å²) in [6, 6.07) is 3.99. The van der Waals surface area contributed by atoms with Crippen LogP contribution in [-0.2, 0) is 0 Å². The van der Waals surface area contributed by atoms with Crippen molar-refractivity contribution >= 4 is 5.65 Å². The summed E-state index contributed by atoms with van der Waals surface area (Å²) in [7, 11) is 0. The highest BCUT2D eigenvalue weighted by Crippen LogP contribution is 2.16. The molecule has 1 unspecified atom stereocenters. The van der Waals surface area contributed by atoms with Gasteiger partial charge in [-0.05, 0) is 18.6 Å². The van der Waals surface area contributed by atoms with Crippen LogP contribution >= 0.6 is 0 Å². The summed E-state index contributed by atoms with van der Waals surface area (Å²) in [6.07, 6.45) is 4.75. The van der Waals surface area contributed by atoms with Gasteiger partial charge in [-0.2, -0.15) is 0 Å². The molecule has 0 saturated heterocycles. The Morgan fingerprint density at radius 3 is 3.08 bits per heavy atom. The molecule has 0 fully saturated rings. The Hall–Kier alpha value is -1.38. The van der Waals surface area contributed by atoms with E-state index in [1.54, 1.807) is 6.33 Å². The number of nitrogens with zero attached hydrogens (tertiary/aromatic N) is 3. The van der Waals surface area contributed by atoms with Crippen LogP contribution in [0.4, 0.5) is 0 Å². The zero-order valence-electron chi connectivity index (χ0n) is 7.94. The lowest BCUT2D eigenvalue weighted by atomic mass is 10.1. The van der Waals surface area contributed by atoms with Gasteiger partial charge < -0.3 is 0 Å². The average Bonchev–Trinajstić information content (AvgIpc) is 2.63. The van der Waals surface area contributed by atoms with Crippen molar-refractivity contribution in [3.05, 3.63) is 30.5 Å². The van der Waals surface area contributed by atoms with Gasteiger partial charge >= 0.3 is 0 Å². The Morgan fingerprint density at radius 2 is 2.31 bits per heavy atom. The van der Waals surface area contributed by atoms with E-state index in [4.69, 9.17) is 0 Å². The summed E-state index contributed by atoms with van der Waals surface area (Å²) in [5.74, 6) is 1.58. The second-order valence-corrected chi connectivity index (χ2v) is 3.28. The highest BCUT2D eigenvalue weighted by atomic mass is 15.1. The smallest absolute Gasteiger partial charge is 0.139 e. The Bertz CT molecular complexity index is 405. The average molecular weight is 175 g/mol. The minimum absolute atomic E-state index is 0.484. The summed E-state index contributed by atoms with van der Waals surface area (Å²) >= 11 is 0. The van der Waals surface area contributed by atoms with Gasteiger partial charge in [0.1, 0.15) is 17.8 Å². The molecule has 2 heterocycles. The van der Waals surface area contributed by atoms with Crippen molar-refractivity contribution in [2.75, 3.05) is 0 Å². The molecule has 0 bridgehead atoms. The molecule has 3 heteroatoms. The summed E-state index contributed by atoms with van der Waals surface area (Å²) in [4.78, 5) is 8.47. The van der Waals surface area contributed by atoms with Gasteiger partial charge in [-0.3, -0.25) is 4.40 Å². The first-order chi connectivity index (χ1) is 6.33. The standard InChI is InChI=1S/C10H13N3/c1-3-8(2)10-12-7-11-9-5-4-6-13(9)10/h4-8H,3H2,1-2H3. The maximum absolute atomic E-state index is 4.30. The van der Waals surface area contributed by atoms with E-state index in [1.807, 2.05) is 22.7 Å². The van der Waals surface area contributed by atoms with Gasteiger partial charge in [-0.15, -0.1) is 0 Å². The first-order valence-electron chi connectivity index (χ1n) is 4.61. The highest BCUT2D eigenvalue weighted by molar-refractivity contribution is 5.38. The fourth-order valence-corrected chi connectivity index (χ4v) is 1.43. The fraction of sp³-hybridized carbons (Fsp3) is 0.400. The molecule has 3 nitrogen and oxygen atoms in total. The van der Waals surface area contributed by atoms with Crippen LogP contribution in [0.5, 0.6) is 0 Å². The van der Waals surface area contributed by atoms with Crippen molar-refractivity contribution in [2.24, 2.45) is 0 Å². The molecular formula is C10H13N3. The molecule has 1 atom stereocenters. The largest absolute Gasteiger partial charge is 0.289 e. The second kappa shape index (κ2) is 3.17. The minimum Gasteiger partial charge on any atom is -0.289 e. The number of hydrogen-bond acceptors (Lipinski definition) is 2. The summed E-state index contributed by atoms with van der Waals surface area (Å²) in [5, 5.41) is 0. The quantitative estimate of drug-likeness (QED) is 0.700. The van der Waals surface area contributed by atoms with E-state index in [2.05, 4.69) is 23.8 Å². The molecule has 2 rings (SSSR count). The first-order valence-corrected chi connectivity index (χ1v) is 4.61. The Balaban J connectivity index is 2.60. The molecule has 0 spiro atoms. The molecule has 68 valence electrons. The van der Waals surface area contributed by atoms with Gasteiger partial charge in [-0.25, -0.2) is 9.97 Å². The monoisotopic (exact) mass is 175 g/mol. The van der Waals surface area contributed by atoms with Crippen LogP contribution in [0.25, 0.3) is 5.65 Å². The van der Waals surface area contributed by atoms with Gasteiger partial charge in [0.2, 0.25) is 0 Å². The Morgan fingerprint density at radius 1 is 1.46 bits per heavy atom. The van der Waals surface area contributed by atoms with E-state index >= 15 is 0 Å². The molecule has 0 aliphatic carbocycles. The maximum atomic E-state index is 4.30. The van der Waals surface area contributed by atoms with Crippen LogP contribution in [0.2, 0.25) is 0 Å². The number of fused-ring (bicyclic) bond motifs is 1. The lowest BCUT2D eigenvalue weighted by Gasteiger charge is -2.09. The van der Waals surface area contributed by atoms with Crippen LogP contribution < -0.4 is 0 Å². The van der Waals surface area contributed by atoms with E-state index in [0.29, 0.717) is 5.92 Å². The van der Waals surface area contributed by atoms with Gasteiger partial charge in [0.15, 0.2) is 0 Å².